The first-order chi connectivity index (χ1) is 5.70. The summed E-state index contributed by atoms with van der Waals surface area (Å²) in [6.45, 7) is 2.28. The van der Waals surface area contributed by atoms with Crippen LogP contribution in [-0.2, 0) is 6.54 Å². The first-order valence-electron chi connectivity index (χ1n) is 3.72. The zero-order valence-electron chi connectivity index (χ0n) is 6.61. The van der Waals surface area contributed by atoms with E-state index in [1.807, 2.05) is 6.92 Å². The van der Waals surface area contributed by atoms with Gasteiger partial charge in [0.15, 0.2) is 0 Å². The van der Waals surface area contributed by atoms with Crippen molar-refractivity contribution in [2.24, 2.45) is 0 Å². The lowest BCUT2D eigenvalue weighted by Gasteiger charge is -2.16. The number of fused-ring (bicyclic) bond motifs is 1. The van der Waals surface area contributed by atoms with E-state index in [1.165, 1.54) is 4.90 Å². The van der Waals surface area contributed by atoms with Crippen molar-refractivity contribution in [3.63, 3.8) is 0 Å². The number of carboxylic acid groups (broad SMARTS) is 1. The molecule has 1 amide bonds. The molecule has 0 saturated heterocycles. The summed E-state index contributed by atoms with van der Waals surface area (Å²) in [5, 5.41) is 15.5. The predicted octanol–water partition coefficient (Wildman–Crippen LogP) is 0.964. The molecule has 2 rings (SSSR count). The van der Waals surface area contributed by atoms with E-state index < -0.39 is 6.09 Å². The van der Waals surface area contributed by atoms with Gasteiger partial charge >= 0.3 is 6.09 Å². The SMILES string of the molecule is CC1c2n[nH]cc2CN1C(=O)O. The molecule has 1 atom stereocenters. The molecule has 2 N–H and O–H groups in total. The van der Waals surface area contributed by atoms with Gasteiger partial charge in [-0.25, -0.2) is 4.79 Å². The third-order valence-electron chi connectivity index (χ3n) is 2.20. The second-order valence-electron chi connectivity index (χ2n) is 2.88. The summed E-state index contributed by atoms with van der Waals surface area (Å²) in [5.74, 6) is 0. The molecule has 1 aliphatic heterocycles. The average Bonchev–Trinajstić information content (AvgIpc) is 2.53. The maximum atomic E-state index is 10.7. The Morgan fingerprint density at radius 1 is 1.92 bits per heavy atom. The minimum atomic E-state index is -0.888. The van der Waals surface area contributed by atoms with Crippen molar-refractivity contribution >= 4 is 6.09 Å². The number of rotatable bonds is 0. The van der Waals surface area contributed by atoms with Crippen LogP contribution in [0, 0.1) is 0 Å². The van der Waals surface area contributed by atoms with Gasteiger partial charge in [-0.05, 0) is 6.92 Å². The van der Waals surface area contributed by atoms with E-state index in [4.69, 9.17) is 5.11 Å². The molecule has 5 nitrogen and oxygen atoms in total. The Hall–Kier alpha value is -1.52. The van der Waals surface area contributed by atoms with Crippen LogP contribution in [0.25, 0.3) is 0 Å². The number of amides is 1. The highest BCUT2D eigenvalue weighted by atomic mass is 16.4. The minimum Gasteiger partial charge on any atom is -0.465 e. The van der Waals surface area contributed by atoms with E-state index in [1.54, 1.807) is 6.20 Å². The third kappa shape index (κ3) is 0.792. The molecule has 0 spiro atoms. The van der Waals surface area contributed by atoms with Crippen molar-refractivity contribution in [3.05, 3.63) is 17.5 Å². The number of hydrogen-bond acceptors (Lipinski definition) is 2. The zero-order valence-corrected chi connectivity index (χ0v) is 6.61. The molecule has 2 heterocycles. The van der Waals surface area contributed by atoms with Crippen LogP contribution in [0.4, 0.5) is 4.79 Å². The molecular formula is C7H9N3O2. The maximum Gasteiger partial charge on any atom is 0.408 e. The number of carbonyl (C=O) groups is 1. The van der Waals surface area contributed by atoms with E-state index >= 15 is 0 Å². The summed E-state index contributed by atoms with van der Waals surface area (Å²) in [6, 6.07) is -0.122. The summed E-state index contributed by atoms with van der Waals surface area (Å²) in [6.07, 6.45) is 0.856. The number of aromatic nitrogens is 2. The van der Waals surface area contributed by atoms with Crippen molar-refractivity contribution in [2.45, 2.75) is 19.5 Å². The Bertz CT molecular complexity index is 320. The summed E-state index contributed by atoms with van der Waals surface area (Å²) >= 11 is 0. The average molecular weight is 167 g/mol. The fourth-order valence-electron chi connectivity index (χ4n) is 1.52. The summed E-state index contributed by atoms with van der Waals surface area (Å²) in [7, 11) is 0. The van der Waals surface area contributed by atoms with Crippen LogP contribution in [0.3, 0.4) is 0 Å². The Balaban J connectivity index is 2.32. The molecule has 0 aliphatic carbocycles. The minimum absolute atomic E-state index is 0.122. The highest BCUT2D eigenvalue weighted by Crippen LogP contribution is 2.30. The van der Waals surface area contributed by atoms with Gasteiger partial charge < -0.3 is 5.11 Å². The highest BCUT2D eigenvalue weighted by Gasteiger charge is 2.32. The van der Waals surface area contributed by atoms with Crippen LogP contribution in [0.1, 0.15) is 24.2 Å². The lowest BCUT2D eigenvalue weighted by atomic mass is 10.2. The van der Waals surface area contributed by atoms with Gasteiger partial charge in [-0.2, -0.15) is 5.10 Å². The van der Waals surface area contributed by atoms with Crippen LogP contribution >= 0.6 is 0 Å². The fourth-order valence-corrected chi connectivity index (χ4v) is 1.52. The van der Waals surface area contributed by atoms with Crippen LogP contribution in [0.15, 0.2) is 6.20 Å². The van der Waals surface area contributed by atoms with Gasteiger partial charge in [0.1, 0.15) is 0 Å². The summed E-state index contributed by atoms with van der Waals surface area (Å²) in [4.78, 5) is 12.0. The molecule has 0 radical (unpaired) electrons. The van der Waals surface area contributed by atoms with Gasteiger partial charge in [0.25, 0.3) is 0 Å². The predicted molar refractivity (Wildman–Crippen MR) is 40.6 cm³/mol. The molecule has 64 valence electrons. The van der Waals surface area contributed by atoms with Gasteiger partial charge in [0.05, 0.1) is 18.3 Å². The molecule has 1 unspecified atom stereocenters. The largest absolute Gasteiger partial charge is 0.465 e. The second kappa shape index (κ2) is 2.23. The standard InChI is InChI=1S/C7H9N3O2/c1-4-6-5(2-8-9-6)3-10(4)7(11)12/h2,4H,3H2,1H3,(H,8,9)(H,11,12). The summed E-state index contributed by atoms with van der Waals surface area (Å²) < 4.78 is 0. The molecule has 1 aliphatic rings. The number of nitrogens with zero attached hydrogens (tertiary/aromatic N) is 2. The van der Waals surface area contributed by atoms with E-state index in [2.05, 4.69) is 10.2 Å². The molecule has 12 heavy (non-hydrogen) atoms. The van der Waals surface area contributed by atoms with Crippen molar-refractivity contribution in [1.29, 1.82) is 0 Å². The lowest BCUT2D eigenvalue weighted by Crippen LogP contribution is -2.26. The fraction of sp³-hybridized carbons (Fsp3) is 0.429. The van der Waals surface area contributed by atoms with Gasteiger partial charge in [-0.15, -0.1) is 0 Å². The monoisotopic (exact) mass is 167 g/mol. The van der Waals surface area contributed by atoms with E-state index in [-0.39, 0.29) is 6.04 Å². The van der Waals surface area contributed by atoms with Gasteiger partial charge in [-0.1, -0.05) is 0 Å². The molecular weight excluding hydrogens is 158 g/mol. The number of H-pyrrole nitrogens is 1. The van der Waals surface area contributed by atoms with E-state index in [0.29, 0.717) is 6.54 Å². The second-order valence-corrected chi connectivity index (χ2v) is 2.88. The van der Waals surface area contributed by atoms with Gasteiger partial charge in [-0.3, -0.25) is 10.00 Å². The van der Waals surface area contributed by atoms with Gasteiger partial charge in [0, 0.05) is 11.8 Å². The van der Waals surface area contributed by atoms with Crippen LogP contribution in [0.2, 0.25) is 0 Å². The van der Waals surface area contributed by atoms with Crippen molar-refractivity contribution in [1.82, 2.24) is 15.1 Å². The first-order valence-corrected chi connectivity index (χ1v) is 3.72. The quantitative estimate of drug-likeness (QED) is 0.604. The molecule has 0 bridgehead atoms. The number of nitrogens with one attached hydrogen (secondary N) is 1. The molecule has 0 saturated carbocycles. The first kappa shape index (κ1) is 7.15. The lowest BCUT2D eigenvalue weighted by molar-refractivity contribution is 0.131. The molecule has 1 aromatic rings. The zero-order chi connectivity index (χ0) is 8.72. The molecule has 1 aromatic heterocycles. The Labute approximate surface area is 69.0 Å². The van der Waals surface area contributed by atoms with Crippen LogP contribution in [-0.4, -0.2) is 26.3 Å². The van der Waals surface area contributed by atoms with Crippen molar-refractivity contribution in [3.8, 4) is 0 Å². The van der Waals surface area contributed by atoms with Crippen molar-refractivity contribution < 1.29 is 9.90 Å². The smallest absolute Gasteiger partial charge is 0.408 e. The normalized spacial score (nSPS) is 21.1. The Kier molecular flexibility index (Phi) is 1.33. The van der Waals surface area contributed by atoms with Gasteiger partial charge in [0.2, 0.25) is 0 Å². The van der Waals surface area contributed by atoms with E-state index in [9.17, 15) is 4.79 Å². The van der Waals surface area contributed by atoms with E-state index in [0.717, 1.165) is 11.3 Å². The van der Waals surface area contributed by atoms with Crippen LogP contribution in [0.5, 0.6) is 0 Å². The Morgan fingerprint density at radius 3 is 3.25 bits per heavy atom. The molecule has 5 heteroatoms. The third-order valence-corrected chi connectivity index (χ3v) is 2.20. The molecule has 0 aromatic carbocycles. The highest BCUT2D eigenvalue weighted by molar-refractivity contribution is 5.66. The Morgan fingerprint density at radius 2 is 2.67 bits per heavy atom. The van der Waals surface area contributed by atoms with Crippen molar-refractivity contribution in [2.75, 3.05) is 0 Å². The maximum absolute atomic E-state index is 10.7. The summed E-state index contributed by atoms with van der Waals surface area (Å²) in [5.41, 5.74) is 1.82. The van der Waals surface area contributed by atoms with Crippen LogP contribution < -0.4 is 0 Å². The molecule has 0 fully saturated rings. The number of hydrogen-bond donors (Lipinski definition) is 2. The topological polar surface area (TPSA) is 69.2 Å². The number of aromatic amines is 1.